The van der Waals surface area contributed by atoms with E-state index in [9.17, 15) is 4.79 Å². The molecule has 0 aliphatic carbocycles. The molecule has 6 nitrogen and oxygen atoms in total. The summed E-state index contributed by atoms with van der Waals surface area (Å²) in [6.45, 7) is 0.983. The van der Waals surface area contributed by atoms with Crippen molar-refractivity contribution in [1.29, 1.82) is 0 Å². The molecular weight excluding hydrogens is 258 g/mol. The fraction of sp³-hybridized carbons (Fsp3) is 0.357. The molecule has 0 radical (unpaired) electrons. The van der Waals surface area contributed by atoms with Gasteiger partial charge in [0.15, 0.2) is 0 Å². The third-order valence-electron chi connectivity index (χ3n) is 3.22. The minimum absolute atomic E-state index is 0.0914. The lowest BCUT2D eigenvalue weighted by Gasteiger charge is -2.11. The van der Waals surface area contributed by atoms with Crippen molar-refractivity contribution in [1.82, 2.24) is 15.3 Å². The molecule has 104 valence electrons. The molecule has 0 unspecified atom stereocenters. The topological polar surface area (TPSA) is 77.3 Å². The van der Waals surface area contributed by atoms with Gasteiger partial charge < -0.3 is 14.5 Å². The second kappa shape index (κ2) is 5.83. The van der Waals surface area contributed by atoms with Gasteiger partial charge in [-0.15, -0.1) is 0 Å². The first-order valence-corrected chi connectivity index (χ1v) is 6.56. The number of amides is 1. The molecule has 1 N–H and O–H groups in total. The minimum Gasteiger partial charge on any atom is -0.472 e. The number of aromatic nitrogens is 2. The highest BCUT2D eigenvalue weighted by molar-refractivity contribution is 5.81. The summed E-state index contributed by atoms with van der Waals surface area (Å²) < 4.78 is 10.4. The Morgan fingerprint density at radius 1 is 1.40 bits per heavy atom. The largest absolute Gasteiger partial charge is 0.472 e. The highest BCUT2D eigenvalue weighted by Gasteiger charge is 2.23. The lowest BCUT2D eigenvalue weighted by Crippen LogP contribution is -2.34. The number of hydrogen-bond acceptors (Lipinski definition) is 5. The molecule has 0 saturated carbocycles. The van der Waals surface area contributed by atoms with Crippen LogP contribution in [-0.2, 0) is 16.1 Å². The van der Waals surface area contributed by atoms with E-state index in [4.69, 9.17) is 9.15 Å². The van der Waals surface area contributed by atoms with E-state index in [1.807, 2.05) is 6.07 Å². The highest BCUT2D eigenvalue weighted by Crippen LogP contribution is 2.20. The monoisotopic (exact) mass is 273 g/mol. The van der Waals surface area contributed by atoms with Crippen molar-refractivity contribution < 1.29 is 13.9 Å². The Bertz CT molecular complexity index is 577. The first-order valence-electron chi connectivity index (χ1n) is 6.56. The summed E-state index contributed by atoms with van der Waals surface area (Å²) in [4.78, 5) is 20.5. The van der Waals surface area contributed by atoms with Crippen LogP contribution in [-0.4, -0.2) is 28.6 Å². The Morgan fingerprint density at radius 2 is 2.30 bits per heavy atom. The van der Waals surface area contributed by atoms with Gasteiger partial charge in [0.05, 0.1) is 30.5 Å². The molecule has 0 bridgehead atoms. The molecule has 1 fully saturated rings. The second-order valence-corrected chi connectivity index (χ2v) is 4.58. The lowest BCUT2D eigenvalue weighted by atomic mass is 10.2. The third-order valence-corrected chi connectivity index (χ3v) is 3.22. The molecular formula is C14H15N3O3. The standard InChI is InChI=1S/C14H15N3O3/c18-14(12-2-1-6-20-12)17-8-11-13(16-5-4-15-11)10-3-7-19-9-10/h3-5,7,9,12H,1-2,6,8H2,(H,17,18)/t12-/m0/s1. The Morgan fingerprint density at radius 3 is 3.05 bits per heavy atom. The average Bonchev–Trinajstić information content (AvgIpc) is 3.17. The summed E-state index contributed by atoms with van der Waals surface area (Å²) in [7, 11) is 0. The average molecular weight is 273 g/mol. The maximum Gasteiger partial charge on any atom is 0.249 e. The molecule has 1 saturated heterocycles. The van der Waals surface area contributed by atoms with Gasteiger partial charge in [0.1, 0.15) is 6.10 Å². The van der Waals surface area contributed by atoms with Crippen molar-refractivity contribution in [3.8, 4) is 11.3 Å². The second-order valence-electron chi connectivity index (χ2n) is 4.58. The Hall–Kier alpha value is -2.21. The number of nitrogens with one attached hydrogen (secondary N) is 1. The van der Waals surface area contributed by atoms with E-state index in [0.29, 0.717) is 24.5 Å². The van der Waals surface area contributed by atoms with E-state index >= 15 is 0 Å². The fourth-order valence-electron chi connectivity index (χ4n) is 2.21. The molecule has 2 aromatic heterocycles. The SMILES string of the molecule is O=C(NCc1nccnc1-c1ccoc1)[C@@H]1CCCO1. The minimum atomic E-state index is -0.330. The Kier molecular flexibility index (Phi) is 3.73. The van der Waals surface area contributed by atoms with Gasteiger partial charge >= 0.3 is 0 Å². The van der Waals surface area contributed by atoms with Crippen LogP contribution < -0.4 is 5.32 Å². The molecule has 0 aromatic carbocycles. The van der Waals surface area contributed by atoms with Crippen molar-refractivity contribution in [2.24, 2.45) is 0 Å². The molecule has 1 aliphatic rings. The normalized spacial score (nSPS) is 18.1. The van der Waals surface area contributed by atoms with Gasteiger partial charge in [-0.05, 0) is 18.9 Å². The molecule has 1 amide bonds. The van der Waals surface area contributed by atoms with E-state index in [0.717, 1.165) is 18.4 Å². The maximum absolute atomic E-state index is 11.9. The molecule has 3 rings (SSSR count). The Balaban J connectivity index is 1.70. The molecule has 2 aromatic rings. The molecule has 1 aliphatic heterocycles. The number of carbonyl (C=O) groups is 1. The predicted molar refractivity (Wildman–Crippen MR) is 70.6 cm³/mol. The third kappa shape index (κ3) is 2.70. The zero-order chi connectivity index (χ0) is 13.8. The van der Waals surface area contributed by atoms with Crippen molar-refractivity contribution >= 4 is 5.91 Å². The molecule has 6 heteroatoms. The van der Waals surface area contributed by atoms with Crippen LogP contribution >= 0.6 is 0 Å². The van der Waals surface area contributed by atoms with Crippen molar-refractivity contribution in [3.63, 3.8) is 0 Å². The van der Waals surface area contributed by atoms with Gasteiger partial charge in [-0.1, -0.05) is 0 Å². The van der Waals surface area contributed by atoms with Crippen LogP contribution in [0.3, 0.4) is 0 Å². The van der Waals surface area contributed by atoms with Crippen LogP contribution in [0, 0.1) is 0 Å². The number of ether oxygens (including phenoxy) is 1. The van der Waals surface area contributed by atoms with Gasteiger partial charge in [-0.3, -0.25) is 14.8 Å². The first kappa shape index (κ1) is 12.8. The fourth-order valence-corrected chi connectivity index (χ4v) is 2.21. The van der Waals surface area contributed by atoms with E-state index in [-0.39, 0.29) is 12.0 Å². The highest BCUT2D eigenvalue weighted by atomic mass is 16.5. The van der Waals surface area contributed by atoms with Gasteiger partial charge in [0.25, 0.3) is 0 Å². The van der Waals surface area contributed by atoms with Crippen molar-refractivity contribution in [2.45, 2.75) is 25.5 Å². The van der Waals surface area contributed by atoms with Gasteiger partial charge in [0, 0.05) is 24.6 Å². The van der Waals surface area contributed by atoms with E-state index in [1.165, 1.54) is 0 Å². The van der Waals surface area contributed by atoms with Gasteiger partial charge in [0.2, 0.25) is 5.91 Å². The van der Waals surface area contributed by atoms with Crippen molar-refractivity contribution in [2.75, 3.05) is 6.61 Å². The zero-order valence-corrected chi connectivity index (χ0v) is 10.9. The summed E-state index contributed by atoms with van der Waals surface area (Å²) in [5.41, 5.74) is 2.27. The first-order chi connectivity index (χ1) is 9.84. The summed E-state index contributed by atoms with van der Waals surface area (Å²) >= 11 is 0. The van der Waals surface area contributed by atoms with Gasteiger partial charge in [-0.25, -0.2) is 0 Å². The van der Waals surface area contributed by atoms with E-state index in [1.54, 1.807) is 24.9 Å². The smallest absolute Gasteiger partial charge is 0.249 e. The number of carbonyl (C=O) groups excluding carboxylic acids is 1. The summed E-state index contributed by atoms with van der Waals surface area (Å²) in [5, 5.41) is 2.85. The van der Waals surface area contributed by atoms with E-state index in [2.05, 4.69) is 15.3 Å². The van der Waals surface area contributed by atoms with Crippen LogP contribution in [0.5, 0.6) is 0 Å². The predicted octanol–water partition coefficient (Wildman–Crippen LogP) is 1.53. The van der Waals surface area contributed by atoms with Crippen LogP contribution in [0.4, 0.5) is 0 Å². The quantitative estimate of drug-likeness (QED) is 0.914. The molecule has 20 heavy (non-hydrogen) atoms. The van der Waals surface area contributed by atoms with Crippen molar-refractivity contribution in [3.05, 3.63) is 36.7 Å². The molecule has 0 spiro atoms. The van der Waals surface area contributed by atoms with Crippen LogP contribution in [0.25, 0.3) is 11.3 Å². The molecule has 1 atom stereocenters. The van der Waals surface area contributed by atoms with Crippen LogP contribution in [0.15, 0.2) is 35.4 Å². The summed E-state index contributed by atoms with van der Waals surface area (Å²) in [6, 6.07) is 1.81. The van der Waals surface area contributed by atoms with Crippen LogP contribution in [0.2, 0.25) is 0 Å². The zero-order valence-electron chi connectivity index (χ0n) is 10.9. The maximum atomic E-state index is 11.9. The summed E-state index contributed by atoms with van der Waals surface area (Å²) in [5.74, 6) is -0.0914. The van der Waals surface area contributed by atoms with Crippen LogP contribution in [0.1, 0.15) is 18.5 Å². The number of rotatable bonds is 4. The number of nitrogens with zero attached hydrogens (tertiary/aromatic N) is 2. The van der Waals surface area contributed by atoms with E-state index < -0.39 is 0 Å². The number of furan rings is 1. The summed E-state index contributed by atoms with van der Waals surface area (Å²) in [6.07, 6.45) is 7.80. The molecule has 3 heterocycles. The van der Waals surface area contributed by atoms with Gasteiger partial charge in [-0.2, -0.15) is 0 Å². The number of hydrogen-bond donors (Lipinski definition) is 1. The lowest BCUT2D eigenvalue weighted by molar-refractivity contribution is -0.130. The Labute approximate surface area is 116 Å².